The molecular weight excluding hydrogens is 332 g/mol. The van der Waals surface area contributed by atoms with Crippen LogP contribution in [0, 0.1) is 11.3 Å². The van der Waals surface area contributed by atoms with Crippen molar-refractivity contribution in [1.29, 1.82) is 5.26 Å². The highest BCUT2D eigenvalue weighted by Crippen LogP contribution is 2.33. The van der Waals surface area contributed by atoms with Gasteiger partial charge in [0.15, 0.2) is 0 Å². The smallest absolute Gasteiger partial charge is 0.224 e. The van der Waals surface area contributed by atoms with Crippen molar-refractivity contribution in [2.45, 2.75) is 12.8 Å². The van der Waals surface area contributed by atoms with Gasteiger partial charge in [-0.05, 0) is 64.3 Å². The van der Waals surface area contributed by atoms with Crippen molar-refractivity contribution in [3.63, 3.8) is 0 Å². The Morgan fingerprint density at radius 1 is 1.19 bits per heavy atom. The minimum Gasteiger partial charge on any atom is -0.456 e. The van der Waals surface area contributed by atoms with Gasteiger partial charge in [-0.3, -0.25) is 4.79 Å². The Morgan fingerprint density at radius 2 is 2.05 bits per heavy atom. The van der Waals surface area contributed by atoms with Crippen LogP contribution in [0.25, 0.3) is 0 Å². The Kier molecular flexibility index (Phi) is 3.63. The minimum absolute atomic E-state index is 0.0472. The van der Waals surface area contributed by atoms with E-state index >= 15 is 0 Å². The molecule has 1 aliphatic rings. The Morgan fingerprint density at radius 3 is 2.81 bits per heavy atom. The summed E-state index contributed by atoms with van der Waals surface area (Å²) in [6.45, 7) is 0. The first-order valence-electron chi connectivity index (χ1n) is 6.46. The second-order valence-corrected chi connectivity index (χ2v) is 5.58. The molecule has 104 valence electrons. The highest BCUT2D eigenvalue weighted by molar-refractivity contribution is 9.10. The van der Waals surface area contributed by atoms with Gasteiger partial charge in [0, 0.05) is 12.1 Å². The van der Waals surface area contributed by atoms with Gasteiger partial charge in [-0.15, -0.1) is 0 Å². The molecule has 0 bridgehead atoms. The normalized spacial score (nSPS) is 13.0. The molecule has 2 aromatic carbocycles. The molecule has 0 saturated heterocycles. The number of ether oxygens (including phenoxy) is 1. The van der Waals surface area contributed by atoms with Gasteiger partial charge >= 0.3 is 0 Å². The average Bonchev–Trinajstić information content (AvgIpc) is 2.49. The lowest BCUT2D eigenvalue weighted by molar-refractivity contribution is -0.116. The van der Waals surface area contributed by atoms with E-state index in [9.17, 15) is 4.79 Å². The topological polar surface area (TPSA) is 62.1 Å². The number of anilines is 1. The van der Waals surface area contributed by atoms with Gasteiger partial charge in [-0.2, -0.15) is 5.26 Å². The van der Waals surface area contributed by atoms with Crippen LogP contribution < -0.4 is 10.1 Å². The summed E-state index contributed by atoms with van der Waals surface area (Å²) < 4.78 is 6.56. The summed E-state index contributed by atoms with van der Waals surface area (Å²) in [5.74, 6) is 1.40. The van der Waals surface area contributed by atoms with Crippen LogP contribution in [-0.4, -0.2) is 5.91 Å². The van der Waals surface area contributed by atoms with Crippen molar-refractivity contribution in [3.8, 4) is 17.6 Å². The van der Waals surface area contributed by atoms with Crippen molar-refractivity contribution < 1.29 is 9.53 Å². The highest BCUT2D eigenvalue weighted by Gasteiger charge is 2.15. The summed E-state index contributed by atoms with van der Waals surface area (Å²) in [6.07, 6.45) is 1.21. The lowest BCUT2D eigenvalue weighted by Gasteiger charge is -2.17. The number of aryl methyl sites for hydroxylation is 1. The summed E-state index contributed by atoms with van der Waals surface area (Å²) in [6, 6.07) is 12.8. The first-order valence-corrected chi connectivity index (χ1v) is 7.25. The Bertz CT molecular complexity index is 765. The lowest BCUT2D eigenvalue weighted by atomic mass is 10.0. The number of rotatable bonds is 2. The zero-order valence-corrected chi connectivity index (χ0v) is 12.6. The second-order valence-electron chi connectivity index (χ2n) is 4.73. The monoisotopic (exact) mass is 342 g/mol. The summed E-state index contributed by atoms with van der Waals surface area (Å²) in [5, 5.41) is 11.7. The molecule has 1 aliphatic heterocycles. The number of nitrogens with zero attached hydrogens (tertiary/aromatic N) is 1. The number of hydrogen-bond acceptors (Lipinski definition) is 3. The molecular formula is C16H11BrN2O2. The third-order valence-electron chi connectivity index (χ3n) is 3.26. The van der Waals surface area contributed by atoms with E-state index in [1.54, 1.807) is 18.2 Å². The van der Waals surface area contributed by atoms with E-state index in [0.717, 1.165) is 15.7 Å². The number of benzene rings is 2. The van der Waals surface area contributed by atoms with Crippen LogP contribution in [0.1, 0.15) is 17.5 Å². The fraction of sp³-hybridized carbons (Fsp3) is 0.125. The van der Waals surface area contributed by atoms with Gasteiger partial charge in [-0.1, -0.05) is 0 Å². The van der Waals surface area contributed by atoms with Crippen LogP contribution in [-0.2, 0) is 11.2 Å². The summed E-state index contributed by atoms with van der Waals surface area (Å²) in [5.41, 5.74) is 2.48. The standard InChI is InChI=1S/C16H11BrN2O2/c17-13-7-10(9-18)1-5-15(13)21-12-3-4-14-11(8-12)2-6-16(20)19-14/h1,3-5,7-8H,2,6H2,(H,19,20). The molecule has 0 aliphatic carbocycles. The Balaban J connectivity index is 1.86. The number of carbonyl (C=O) groups is 1. The molecule has 0 saturated carbocycles. The van der Waals surface area contributed by atoms with Crippen LogP contribution in [0.2, 0.25) is 0 Å². The van der Waals surface area contributed by atoms with E-state index in [-0.39, 0.29) is 5.91 Å². The molecule has 5 heteroatoms. The number of halogens is 1. The number of fused-ring (bicyclic) bond motifs is 1. The predicted molar refractivity (Wildman–Crippen MR) is 82.3 cm³/mol. The van der Waals surface area contributed by atoms with Gasteiger partial charge < -0.3 is 10.1 Å². The van der Waals surface area contributed by atoms with Crippen LogP contribution in [0.5, 0.6) is 11.5 Å². The molecule has 0 aromatic heterocycles. The van der Waals surface area contributed by atoms with Crippen LogP contribution in [0.15, 0.2) is 40.9 Å². The molecule has 0 fully saturated rings. The van der Waals surface area contributed by atoms with Crippen molar-refractivity contribution in [3.05, 3.63) is 52.0 Å². The largest absolute Gasteiger partial charge is 0.456 e. The van der Waals surface area contributed by atoms with Gasteiger partial charge in [0.05, 0.1) is 16.1 Å². The number of amides is 1. The van der Waals surface area contributed by atoms with Crippen molar-refractivity contribution in [1.82, 2.24) is 0 Å². The van der Waals surface area contributed by atoms with Gasteiger partial charge in [-0.25, -0.2) is 0 Å². The van der Waals surface area contributed by atoms with Crippen molar-refractivity contribution in [2.75, 3.05) is 5.32 Å². The minimum atomic E-state index is 0.0472. The van der Waals surface area contributed by atoms with E-state index in [0.29, 0.717) is 29.9 Å². The highest BCUT2D eigenvalue weighted by atomic mass is 79.9. The van der Waals surface area contributed by atoms with Gasteiger partial charge in [0.25, 0.3) is 0 Å². The molecule has 1 amide bonds. The van der Waals surface area contributed by atoms with Crippen LogP contribution >= 0.6 is 15.9 Å². The molecule has 0 unspecified atom stereocenters. The SMILES string of the molecule is N#Cc1ccc(Oc2ccc3c(c2)CCC(=O)N3)c(Br)c1. The molecule has 2 aromatic rings. The number of nitrogens with one attached hydrogen (secondary N) is 1. The molecule has 0 radical (unpaired) electrons. The van der Waals surface area contributed by atoms with E-state index in [4.69, 9.17) is 10.00 Å². The fourth-order valence-corrected chi connectivity index (χ4v) is 2.66. The molecule has 0 spiro atoms. The molecule has 1 N–H and O–H groups in total. The van der Waals surface area contributed by atoms with E-state index < -0.39 is 0 Å². The lowest BCUT2D eigenvalue weighted by Crippen LogP contribution is -2.18. The van der Waals surface area contributed by atoms with Crippen LogP contribution in [0.3, 0.4) is 0 Å². The second kappa shape index (κ2) is 5.58. The third-order valence-corrected chi connectivity index (χ3v) is 3.88. The molecule has 21 heavy (non-hydrogen) atoms. The van der Waals surface area contributed by atoms with Crippen molar-refractivity contribution >= 4 is 27.5 Å². The summed E-state index contributed by atoms with van der Waals surface area (Å²) in [4.78, 5) is 11.3. The molecule has 3 rings (SSSR count). The van der Waals surface area contributed by atoms with Crippen molar-refractivity contribution in [2.24, 2.45) is 0 Å². The van der Waals surface area contributed by atoms with E-state index in [1.165, 1.54) is 0 Å². The maximum atomic E-state index is 11.3. The quantitative estimate of drug-likeness (QED) is 0.897. The predicted octanol–water partition coefficient (Wildman–Crippen LogP) is 4.00. The van der Waals surface area contributed by atoms with Crippen LogP contribution in [0.4, 0.5) is 5.69 Å². The number of carbonyl (C=O) groups excluding carboxylic acids is 1. The maximum Gasteiger partial charge on any atom is 0.224 e. The average molecular weight is 343 g/mol. The number of hydrogen-bond donors (Lipinski definition) is 1. The molecule has 4 nitrogen and oxygen atoms in total. The Hall–Kier alpha value is -2.32. The van der Waals surface area contributed by atoms with Gasteiger partial charge in [0.1, 0.15) is 11.5 Å². The fourth-order valence-electron chi connectivity index (χ4n) is 2.20. The van der Waals surface area contributed by atoms with E-state index in [2.05, 4.69) is 27.3 Å². The number of nitriles is 1. The maximum absolute atomic E-state index is 11.3. The summed E-state index contributed by atoms with van der Waals surface area (Å²) >= 11 is 3.40. The zero-order valence-electron chi connectivity index (χ0n) is 11.0. The van der Waals surface area contributed by atoms with E-state index in [1.807, 2.05) is 18.2 Å². The Labute approximate surface area is 130 Å². The summed E-state index contributed by atoms with van der Waals surface area (Å²) in [7, 11) is 0. The van der Waals surface area contributed by atoms with Gasteiger partial charge in [0.2, 0.25) is 5.91 Å². The first kappa shape index (κ1) is 13.7. The first-order chi connectivity index (χ1) is 10.2. The zero-order chi connectivity index (χ0) is 14.8. The third kappa shape index (κ3) is 2.91. The molecule has 1 heterocycles. The molecule has 0 atom stereocenters.